The van der Waals surface area contributed by atoms with E-state index >= 15 is 0 Å². The number of hydrogen-bond acceptors (Lipinski definition) is 1. The third-order valence-electron chi connectivity index (χ3n) is 2.80. The molecule has 0 amide bonds. The Bertz CT molecular complexity index is 171. The lowest BCUT2D eigenvalue weighted by Crippen LogP contribution is -2.32. The minimum Gasteiger partial charge on any atom is -0.370 e. The molecule has 0 unspecified atom stereocenters. The molecule has 1 fully saturated rings. The molecule has 1 saturated carbocycles. The SMILES string of the molecule is CCCNC(N)=NCC1CCCCC1. The van der Waals surface area contributed by atoms with E-state index in [9.17, 15) is 0 Å². The zero-order chi connectivity index (χ0) is 10.2. The molecule has 3 nitrogen and oxygen atoms in total. The van der Waals surface area contributed by atoms with Crippen molar-refractivity contribution >= 4 is 5.96 Å². The Balaban J connectivity index is 2.15. The Kier molecular flexibility index (Phi) is 5.42. The van der Waals surface area contributed by atoms with Crippen molar-refractivity contribution < 1.29 is 0 Å². The largest absolute Gasteiger partial charge is 0.370 e. The van der Waals surface area contributed by atoms with Crippen LogP contribution in [0.25, 0.3) is 0 Å². The summed E-state index contributed by atoms with van der Waals surface area (Å²) in [4.78, 5) is 4.37. The van der Waals surface area contributed by atoms with E-state index in [2.05, 4.69) is 17.2 Å². The normalized spacial score (nSPS) is 19.6. The molecular formula is C11H23N3. The molecule has 1 rings (SSSR count). The Labute approximate surface area is 87.2 Å². The van der Waals surface area contributed by atoms with Crippen LogP contribution >= 0.6 is 0 Å². The van der Waals surface area contributed by atoms with Crippen LogP contribution in [0.1, 0.15) is 45.4 Å². The molecule has 82 valence electrons. The van der Waals surface area contributed by atoms with Crippen molar-refractivity contribution in [3.05, 3.63) is 0 Å². The van der Waals surface area contributed by atoms with Gasteiger partial charge in [0, 0.05) is 13.1 Å². The first-order valence-corrected chi connectivity index (χ1v) is 5.86. The van der Waals surface area contributed by atoms with Crippen LogP contribution in [0.5, 0.6) is 0 Å². The molecule has 1 aliphatic rings. The molecule has 0 bridgehead atoms. The van der Waals surface area contributed by atoms with Crippen LogP contribution in [-0.4, -0.2) is 19.0 Å². The number of hydrogen-bond donors (Lipinski definition) is 2. The molecule has 3 heteroatoms. The highest BCUT2D eigenvalue weighted by atomic mass is 15.1. The summed E-state index contributed by atoms with van der Waals surface area (Å²) in [5, 5.41) is 3.10. The number of guanidine groups is 1. The average Bonchev–Trinajstić information content (AvgIpc) is 2.25. The topological polar surface area (TPSA) is 50.4 Å². The predicted octanol–water partition coefficient (Wildman–Crippen LogP) is 1.88. The average molecular weight is 197 g/mol. The molecule has 0 aliphatic heterocycles. The Morgan fingerprint density at radius 3 is 2.71 bits per heavy atom. The molecule has 0 spiro atoms. The standard InChI is InChI=1S/C11H23N3/c1-2-8-13-11(12)14-9-10-6-4-3-5-7-10/h10H,2-9H2,1H3,(H3,12,13,14). The van der Waals surface area contributed by atoms with Crippen LogP contribution in [0.3, 0.4) is 0 Å². The van der Waals surface area contributed by atoms with Gasteiger partial charge in [-0.1, -0.05) is 26.2 Å². The third kappa shape index (κ3) is 4.49. The maximum Gasteiger partial charge on any atom is 0.188 e. The maximum absolute atomic E-state index is 5.72. The highest BCUT2D eigenvalue weighted by Crippen LogP contribution is 2.23. The monoisotopic (exact) mass is 197 g/mol. The first kappa shape index (κ1) is 11.3. The van der Waals surface area contributed by atoms with Crippen molar-refractivity contribution in [3.8, 4) is 0 Å². The number of nitrogens with two attached hydrogens (primary N) is 1. The van der Waals surface area contributed by atoms with Gasteiger partial charge < -0.3 is 11.1 Å². The van der Waals surface area contributed by atoms with Crippen LogP contribution in [0.4, 0.5) is 0 Å². The highest BCUT2D eigenvalue weighted by molar-refractivity contribution is 5.77. The van der Waals surface area contributed by atoms with Crippen LogP contribution in [0.15, 0.2) is 4.99 Å². The molecule has 0 aromatic carbocycles. The van der Waals surface area contributed by atoms with Gasteiger partial charge >= 0.3 is 0 Å². The molecule has 1 aliphatic carbocycles. The van der Waals surface area contributed by atoms with Gasteiger partial charge in [-0.25, -0.2) is 0 Å². The minimum atomic E-state index is 0.623. The summed E-state index contributed by atoms with van der Waals surface area (Å²) in [6.07, 6.45) is 7.93. The fourth-order valence-corrected chi connectivity index (χ4v) is 1.91. The van der Waals surface area contributed by atoms with Crippen LogP contribution in [0.2, 0.25) is 0 Å². The van der Waals surface area contributed by atoms with Gasteiger partial charge in [0.25, 0.3) is 0 Å². The quantitative estimate of drug-likeness (QED) is 0.534. The van der Waals surface area contributed by atoms with Crippen LogP contribution < -0.4 is 11.1 Å². The van der Waals surface area contributed by atoms with Crippen molar-refractivity contribution in [2.45, 2.75) is 45.4 Å². The van der Waals surface area contributed by atoms with Crippen molar-refractivity contribution in [1.82, 2.24) is 5.32 Å². The van der Waals surface area contributed by atoms with E-state index in [1.54, 1.807) is 0 Å². The second-order valence-corrected chi connectivity index (χ2v) is 4.16. The van der Waals surface area contributed by atoms with Crippen molar-refractivity contribution in [3.63, 3.8) is 0 Å². The smallest absolute Gasteiger partial charge is 0.188 e. The summed E-state index contributed by atoms with van der Waals surface area (Å²) in [6.45, 7) is 3.98. The first-order valence-electron chi connectivity index (χ1n) is 5.86. The van der Waals surface area contributed by atoms with Gasteiger partial charge in [0.15, 0.2) is 5.96 Å². The number of aliphatic imine (C=N–C) groups is 1. The zero-order valence-corrected chi connectivity index (χ0v) is 9.26. The summed E-state index contributed by atoms with van der Waals surface area (Å²) in [6, 6.07) is 0. The van der Waals surface area contributed by atoms with E-state index in [0.29, 0.717) is 5.96 Å². The number of rotatable bonds is 4. The van der Waals surface area contributed by atoms with Gasteiger partial charge in [0.05, 0.1) is 0 Å². The van der Waals surface area contributed by atoms with Gasteiger partial charge in [-0.3, -0.25) is 4.99 Å². The minimum absolute atomic E-state index is 0.623. The third-order valence-corrected chi connectivity index (χ3v) is 2.80. The molecule has 0 atom stereocenters. The summed E-state index contributed by atoms with van der Waals surface area (Å²) in [7, 11) is 0. The Morgan fingerprint density at radius 2 is 2.07 bits per heavy atom. The van der Waals surface area contributed by atoms with E-state index in [1.165, 1.54) is 32.1 Å². The van der Waals surface area contributed by atoms with Crippen molar-refractivity contribution in [2.75, 3.05) is 13.1 Å². The fourth-order valence-electron chi connectivity index (χ4n) is 1.91. The van der Waals surface area contributed by atoms with Gasteiger partial charge in [-0.2, -0.15) is 0 Å². The van der Waals surface area contributed by atoms with Crippen molar-refractivity contribution in [1.29, 1.82) is 0 Å². The van der Waals surface area contributed by atoms with Crippen molar-refractivity contribution in [2.24, 2.45) is 16.6 Å². The second kappa shape index (κ2) is 6.68. The summed E-state index contributed by atoms with van der Waals surface area (Å²) in [5.41, 5.74) is 5.72. The van der Waals surface area contributed by atoms with E-state index in [0.717, 1.165) is 25.4 Å². The van der Waals surface area contributed by atoms with Gasteiger partial charge in [0.1, 0.15) is 0 Å². The van der Waals surface area contributed by atoms with E-state index in [4.69, 9.17) is 5.73 Å². The lowest BCUT2D eigenvalue weighted by molar-refractivity contribution is 0.366. The second-order valence-electron chi connectivity index (χ2n) is 4.16. The van der Waals surface area contributed by atoms with E-state index < -0.39 is 0 Å². The molecule has 3 N–H and O–H groups in total. The fraction of sp³-hybridized carbons (Fsp3) is 0.909. The Hall–Kier alpha value is -0.730. The number of nitrogens with one attached hydrogen (secondary N) is 1. The lowest BCUT2D eigenvalue weighted by Gasteiger charge is -2.19. The summed E-state index contributed by atoms with van der Waals surface area (Å²) in [5.74, 6) is 1.41. The lowest BCUT2D eigenvalue weighted by atomic mass is 9.89. The summed E-state index contributed by atoms with van der Waals surface area (Å²) >= 11 is 0. The van der Waals surface area contributed by atoms with Crippen LogP contribution in [0, 0.1) is 5.92 Å². The molecule has 14 heavy (non-hydrogen) atoms. The molecule has 0 saturated heterocycles. The zero-order valence-electron chi connectivity index (χ0n) is 9.26. The summed E-state index contributed by atoms with van der Waals surface area (Å²) < 4.78 is 0. The van der Waals surface area contributed by atoms with E-state index in [-0.39, 0.29) is 0 Å². The number of nitrogens with zero attached hydrogens (tertiary/aromatic N) is 1. The molecule has 0 radical (unpaired) electrons. The molecule has 0 aromatic rings. The van der Waals surface area contributed by atoms with Gasteiger partial charge in [-0.15, -0.1) is 0 Å². The predicted molar refractivity (Wildman–Crippen MR) is 61.4 cm³/mol. The van der Waals surface area contributed by atoms with Gasteiger partial charge in [0.2, 0.25) is 0 Å². The molecular weight excluding hydrogens is 174 g/mol. The highest BCUT2D eigenvalue weighted by Gasteiger charge is 2.12. The first-order chi connectivity index (χ1) is 6.83. The van der Waals surface area contributed by atoms with Crippen LogP contribution in [-0.2, 0) is 0 Å². The Morgan fingerprint density at radius 1 is 1.36 bits per heavy atom. The molecule has 0 aromatic heterocycles. The maximum atomic E-state index is 5.72. The van der Waals surface area contributed by atoms with Gasteiger partial charge in [-0.05, 0) is 25.2 Å². The van der Waals surface area contributed by atoms with E-state index in [1.807, 2.05) is 0 Å². The molecule has 0 heterocycles.